The van der Waals surface area contributed by atoms with Crippen LogP contribution < -0.4 is 15.0 Å². The number of amides is 2. The van der Waals surface area contributed by atoms with Crippen LogP contribution in [0.5, 0.6) is 5.75 Å². The van der Waals surface area contributed by atoms with Crippen LogP contribution in [0.25, 0.3) is 0 Å². The van der Waals surface area contributed by atoms with Crippen LogP contribution in [-0.2, 0) is 9.59 Å². The molecule has 0 unspecified atom stereocenters. The lowest BCUT2D eigenvalue weighted by Gasteiger charge is -2.20. The molecule has 1 saturated heterocycles. The van der Waals surface area contributed by atoms with Gasteiger partial charge in [0.05, 0.1) is 24.4 Å². The van der Waals surface area contributed by atoms with Gasteiger partial charge in [-0.2, -0.15) is 0 Å². The minimum atomic E-state index is -0.618. The molecule has 0 bridgehead atoms. The van der Waals surface area contributed by atoms with E-state index >= 15 is 0 Å². The maximum atomic E-state index is 13.9. The van der Waals surface area contributed by atoms with Gasteiger partial charge in [0.1, 0.15) is 11.6 Å². The van der Waals surface area contributed by atoms with Crippen molar-refractivity contribution < 1.29 is 18.7 Å². The van der Waals surface area contributed by atoms with Crippen molar-refractivity contribution in [1.82, 2.24) is 0 Å². The van der Waals surface area contributed by atoms with Crippen molar-refractivity contribution in [3.8, 4) is 5.75 Å². The Balaban J connectivity index is 1.77. The van der Waals surface area contributed by atoms with Gasteiger partial charge in [0.15, 0.2) is 0 Å². The number of nitrogens with zero attached hydrogens (tertiary/aromatic N) is 1. The molecule has 5 nitrogen and oxygen atoms in total. The van der Waals surface area contributed by atoms with E-state index in [1.165, 1.54) is 24.1 Å². The van der Waals surface area contributed by atoms with E-state index in [4.69, 9.17) is 16.3 Å². The van der Waals surface area contributed by atoms with Gasteiger partial charge < -0.3 is 15.0 Å². The molecule has 0 aromatic heterocycles. The number of hydrogen-bond acceptors (Lipinski definition) is 3. The first-order valence-electron chi connectivity index (χ1n) is 8.10. The number of carbonyl (C=O) groups is 2. The fourth-order valence-electron chi connectivity index (χ4n) is 2.95. The van der Waals surface area contributed by atoms with E-state index in [0.29, 0.717) is 11.4 Å². The predicted octanol–water partition coefficient (Wildman–Crippen LogP) is 3.79. The molecule has 1 aliphatic heterocycles. The van der Waals surface area contributed by atoms with Gasteiger partial charge in [-0.3, -0.25) is 9.59 Å². The van der Waals surface area contributed by atoms with Crippen LogP contribution in [0.3, 0.4) is 0 Å². The molecule has 0 spiro atoms. The molecule has 1 fully saturated rings. The molecular weight excluding hydrogens is 359 g/mol. The molecule has 0 radical (unpaired) electrons. The average molecular weight is 377 g/mol. The second-order valence-corrected chi connectivity index (χ2v) is 6.63. The topological polar surface area (TPSA) is 58.6 Å². The van der Waals surface area contributed by atoms with Gasteiger partial charge in [-0.05, 0) is 42.8 Å². The Kier molecular flexibility index (Phi) is 5.13. The van der Waals surface area contributed by atoms with Crippen molar-refractivity contribution in [3.05, 3.63) is 52.8 Å². The lowest BCUT2D eigenvalue weighted by molar-refractivity contribution is -0.122. The van der Waals surface area contributed by atoms with E-state index in [1.807, 2.05) is 19.1 Å². The minimum absolute atomic E-state index is 0.0402. The average Bonchev–Trinajstić information content (AvgIpc) is 2.99. The highest BCUT2D eigenvalue weighted by molar-refractivity contribution is 6.30. The maximum absolute atomic E-state index is 13.9. The Labute approximate surface area is 155 Å². The third kappa shape index (κ3) is 3.65. The van der Waals surface area contributed by atoms with Crippen LogP contribution in [0.2, 0.25) is 5.02 Å². The van der Waals surface area contributed by atoms with Crippen molar-refractivity contribution in [1.29, 1.82) is 0 Å². The van der Waals surface area contributed by atoms with E-state index in [2.05, 4.69) is 5.32 Å². The SMILES string of the molecule is COc1ccc(C)cc1N1C[C@@H](C(=O)Nc2ccc(Cl)cc2F)CC1=O. The summed E-state index contributed by atoms with van der Waals surface area (Å²) in [6.45, 7) is 2.12. The smallest absolute Gasteiger partial charge is 0.229 e. The van der Waals surface area contributed by atoms with Gasteiger partial charge in [-0.1, -0.05) is 17.7 Å². The third-order valence-corrected chi connectivity index (χ3v) is 4.55. The van der Waals surface area contributed by atoms with Gasteiger partial charge in [0.25, 0.3) is 0 Å². The second-order valence-electron chi connectivity index (χ2n) is 6.19. The summed E-state index contributed by atoms with van der Waals surface area (Å²) in [6, 6.07) is 9.53. The van der Waals surface area contributed by atoms with Crippen molar-refractivity contribution in [2.45, 2.75) is 13.3 Å². The summed E-state index contributed by atoms with van der Waals surface area (Å²) >= 11 is 5.71. The summed E-state index contributed by atoms with van der Waals surface area (Å²) in [4.78, 5) is 26.4. The standard InChI is InChI=1S/C19H18ClFN2O3/c1-11-3-6-17(26-2)16(7-11)23-10-12(8-18(23)24)19(25)22-15-5-4-13(20)9-14(15)21/h3-7,9,12H,8,10H2,1-2H3,(H,22,25)/t12-/m0/s1. The fraction of sp³-hybridized carbons (Fsp3) is 0.263. The van der Waals surface area contributed by atoms with E-state index in [0.717, 1.165) is 11.6 Å². The number of ether oxygens (including phenoxy) is 1. The van der Waals surface area contributed by atoms with Gasteiger partial charge in [-0.15, -0.1) is 0 Å². The monoisotopic (exact) mass is 376 g/mol. The summed E-state index contributed by atoms with van der Waals surface area (Å²) in [5, 5.41) is 2.77. The van der Waals surface area contributed by atoms with Crippen LogP contribution in [0.1, 0.15) is 12.0 Å². The number of hydrogen-bond donors (Lipinski definition) is 1. The van der Waals surface area contributed by atoms with Gasteiger partial charge >= 0.3 is 0 Å². The number of aryl methyl sites for hydroxylation is 1. The molecule has 2 amide bonds. The molecule has 0 saturated carbocycles. The first-order valence-corrected chi connectivity index (χ1v) is 8.47. The normalized spacial score (nSPS) is 16.7. The van der Waals surface area contributed by atoms with Crippen LogP contribution in [0, 0.1) is 18.7 Å². The summed E-state index contributed by atoms with van der Waals surface area (Å²) in [6.07, 6.45) is 0.0537. The van der Waals surface area contributed by atoms with Gasteiger partial charge in [0.2, 0.25) is 11.8 Å². The Morgan fingerprint density at radius 3 is 2.77 bits per heavy atom. The lowest BCUT2D eigenvalue weighted by Crippen LogP contribution is -2.28. The number of carbonyl (C=O) groups excluding carboxylic acids is 2. The summed E-state index contributed by atoms with van der Waals surface area (Å²) in [5.41, 5.74) is 1.65. The second kappa shape index (κ2) is 7.33. The maximum Gasteiger partial charge on any atom is 0.229 e. The van der Waals surface area contributed by atoms with E-state index < -0.39 is 17.6 Å². The number of anilines is 2. The highest BCUT2D eigenvalue weighted by Crippen LogP contribution is 2.34. The number of rotatable bonds is 4. The van der Waals surface area contributed by atoms with E-state index in [9.17, 15) is 14.0 Å². The molecule has 1 atom stereocenters. The summed E-state index contributed by atoms with van der Waals surface area (Å²) in [5.74, 6) is -1.22. The number of methoxy groups -OCH3 is 1. The molecule has 1 heterocycles. The highest BCUT2D eigenvalue weighted by atomic mass is 35.5. The minimum Gasteiger partial charge on any atom is -0.495 e. The number of benzene rings is 2. The van der Waals surface area contributed by atoms with Crippen LogP contribution in [0.4, 0.5) is 15.8 Å². The zero-order valence-electron chi connectivity index (χ0n) is 14.4. The first kappa shape index (κ1) is 18.2. The zero-order valence-corrected chi connectivity index (χ0v) is 15.1. The summed E-state index contributed by atoms with van der Waals surface area (Å²) in [7, 11) is 1.53. The van der Waals surface area contributed by atoms with Crippen molar-refractivity contribution in [3.63, 3.8) is 0 Å². The Morgan fingerprint density at radius 2 is 2.08 bits per heavy atom. The fourth-order valence-corrected chi connectivity index (χ4v) is 3.11. The van der Waals surface area contributed by atoms with Crippen LogP contribution in [0.15, 0.2) is 36.4 Å². The quantitative estimate of drug-likeness (QED) is 0.883. The zero-order chi connectivity index (χ0) is 18.8. The van der Waals surface area contributed by atoms with E-state index in [-0.39, 0.29) is 29.6 Å². The molecule has 2 aromatic carbocycles. The highest BCUT2D eigenvalue weighted by Gasteiger charge is 2.36. The Hall–Kier alpha value is -2.60. The van der Waals surface area contributed by atoms with Gasteiger partial charge in [-0.25, -0.2) is 4.39 Å². The van der Waals surface area contributed by atoms with Gasteiger partial charge in [0, 0.05) is 18.0 Å². The molecule has 136 valence electrons. The molecule has 1 aliphatic rings. The first-order chi connectivity index (χ1) is 12.4. The van der Waals surface area contributed by atoms with Crippen molar-refractivity contribution in [2.75, 3.05) is 23.9 Å². The molecule has 0 aliphatic carbocycles. The molecular formula is C19H18ClFN2O3. The third-order valence-electron chi connectivity index (χ3n) is 4.31. The van der Waals surface area contributed by atoms with Crippen molar-refractivity contribution >= 4 is 34.8 Å². The molecule has 3 rings (SSSR count). The lowest BCUT2D eigenvalue weighted by atomic mass is 10.1. The molecule has 7 heteroatoms. The van der Waals surface area contributed by atoms with E-state index in [1.54, 1.807) is 6.07 Å². The number of nitrogens with one attached hydrogen (secondary N) is 1. The Bertz CT molecular complexity index is 872. The molecule has 2 aromatic rings. The predicted molar refractivity (Wildman–Crippen MR) is 98.2 cm³/mol. The van der Waals surface area contributed by atoms with Crippen molar-refractivity contribution in [2.24, 2.45) is 5.92 Å². The largest absolute Gasteiger partial charge is 0.495 e. The number of halogens is 2. The molecule has 1 N–H and O–H groups in total. The van der Waals surface area contributed by atoms with Crippen LogP contribution in [-0.4, -0.2) is 25.5 Å². The Morgan fingerprint density at radius 1 is 1.31 bits per heavy atom. The van der Waals surface area contributed by atoms with Crippen LogP contribution >= 0.6 is 11.6 Å². The summed E-state index contributed by atoms with van der Waals surface area (Å²) < 4.78 is 19.2. The molecule has 26 heavy (non-hydrogen) atoms.